The highest BCUT2D eigenvalue weighted by atomic mass is 32.2. The van der Waals surface area contributed by atoms with E-state index in [0.717, 1.165) is 19.3 Å². The molecule has 2 aromatic carbocycles. The lowest BCUT2D eigenvalue weighted by atomic mass is 10.1. The van der Waals surface area contributed by atoms with Gasteiger partial charge in [0.2, 0.25) is 10.0 Å². The molecule has 2 amide bonds. The zero-order chi connectivity index (χ0) is 22.9. The number of fused-ring (bicyclic) bond motifs is 1. The molecular formula is C23H27N3O5S. The van der Waals surface area contributed by atoms with Crippen LogP contribution < -0.4 is 15.0 Å². The molecule has 0 saturated carbocycles. The summed E-state index contributed by atoms with van der Waals surface area (Å²) in [6.07, 6.45) is 2.19. The van der Waals surface area contributed by atoms with E-state index in [9.17, 15) is 18.0 Å². The molecule has 1 unspecified atom stereocenters. The first-order chi connectivity index (χ1) is 15.3. The van der Waals surface area contributed by atoms with Crippen LogP contribution in [0.5, 0.6) is 5.75 Å². The Morgan fingerprint density at radius 2 is 1.78 bits per heavy atom. The van der Waals surface area contributed by atoms with E-state index in [-0.39, 0.29) is 16.7 Å². The lowest BCUT2D eigenvalue weighted by Gasteiger charge is -2.32. The largest absolute Gasteiger partial charge is 0.479 e. The van der Waals surface area contributed by atoms with E-state index in [1.54, 1.807) is 30.0 Å². The van der Waals surface area contributed by atoms with Gasteiger partial charge in [-0.05, 0) is 63.1 Å². The van der Waals surface area contributed by atoms with Crippen molar-refractivity contribution in [1.29, 1.82) is 0 Å². The van der Waals surface area contributed by atoms with Gasteiger partial charge in [-0.25, -0.2) is 8.42 Å². The highest BCUT2D eigenvalue weighted by molar-refractivity contribution is 7.89. The summed E-state index contributed by atoms with van der Waals surface area (Å²) in [5.74, 6) is 0.0651. The normalized spacial score (nSPS) is 19.2. The fourth-order valence-electron chi connectivity index (χ4n) is 4.05. The third-order valence-corrected chi connectivity index (χ3v) is 7.72. The number of hydrogen-bond donors (Lipinski definition) is 1. The van der Waals surface area contributed by atoms with Crippen LogP contribution >= 0.6 is 0 Å². The molecule has 2 aliphatic rings. The first kappa shape index (κ1) is 22.3. The van der Waals surface area contributed by atoms with Gasteiger partial charge in [-0.15, -0.1) is 0 Å². The number of nitrogens with zero attached hydrogens (tertiary/aromatic N) is 2. The predicted octanol–water partition coefficient (Wildman–Crippen LogP) is 3.25. The number of nitrogens with one attached hydrogen (secondary N) is 1. The molecule has 0 radical (unpaired) electrons. The minimum atomic E-state index is -3.54. The van der Waals surface area contributed by atoms with E-state index >= 15 is 0 Å². The average Bonchev–Trinajstić information content (AvgIpc) is 2.80. The van der Waals surface area contributed by atoms with Crippen molar-refractivity contribution in [2.75, 3.05) is 29.9 Å². The van der Waals surface area contributed by atoms with Crippen molar-refractivity contribution in [2.24, 2.45) is 0 Å². The van der Waals surface area contributed by atoms with Crippen LogP contribution in [-0.4, -0.2) is 50.3 Å². The quantitative estimate of drug-likeness (QED) is 0.744. The number of amides is 2. The van der Waals surface area contributed by atoms with Gasteiger partial charge in [-0.2, -0.15) is 4.31 Å². The van der Waals surface area contributed by atoms with Gasteiger partial charge in [0.15, 0.2) is 6.10 Å². The Morgan fingerprint density at radius 3 is 2.44 bits per heavy atom. The van der Waals surface area contributed by atoms with Crippen LogP contribution in [-0.2, 0) is 14.8 Å². The predicted molar refractivity (Wildman–Crippen MR) is 122 cm³/mol. The van der Waals surface area contributed by atoms with Gasteiger partial charge in [0.25, 0.3) is 11.8 Å². The average molecular weight is 458 g/mol. The van der Waals surface area contributed by atoms with Gasteiger partial charge in [0.05, 0.1) is 10.6 Å². The van der Waals surface area contributed by atoms with Crippen LogP contribution in [0.15, 0.2) is 47.4 Å². The van der Waals surface area contributed by atoms with E-state index in [1.807, 2.05) is 6.92 Å². The van der Waals surface area contributed by atoms with Gasteiger partial charge in [0.1, 0.15) is 5.75 Å². The van der Waals surface area contributed by atoms with Crippen molar-refractivity contribution in [1.82, 2.24) is 4.31 Å². The number of anilines is 2. The second kappa shape index (κ2) is 8.91. The van der Waals surface area contributed by atoms with Gasteiger partial charge < -0.3 is 15.0 Å². The Morgan fingerprint density at radius 1 is 1.09 bits per heavy atom. The summed E-state index contributed by atoms with van der Waals surface area (Å²) in [6, 6.07) is 11.1. The second-order valence-corrected chi connectivity index (χ2v) is 9.91. The fraction of sp³-hybridized carbons (Fsp3) is 0.391. The van der Waals surface area contributed by atoms with Crippen molar-refractivity contribution < 1.29 is 22.7 Å². The molecule has 2 aliphatic heterocycles. The zero-order valence-electron chi connectivity index (χ0n) is 18.2. The number of benzene rings is 2. The molecule has 8 nitrogen and oxygen atoms in total. The number of piperidine rings is 1. The first-order valence-electron chi connectivity index (χ1n) is 10.8. The second-order valence-electron chi connectivity index (χ2n) is 7.97. The molecule has 1 saturated heterocycles. The molecule has 2 aromatic rings. The third-order valence-electron chi connectivity index (χ3n) is 5.81. The molecule has 1 fully saturated rings. The smallest absolute Gasteiger partial charge is 0.267 e. The standard InChI is InChI=1S/C23H27N3O5S/c1-3-26-20-12-9-18(15-21(20)31-16(2)23(26)28)24-22(27)17-7-10-19(11-8-17)32(29,30)25-13-5-4-6-14-25/h7-12,15-16H,3-6,13-14H2,1-2H3,(H,24,27). The Labute approximate surface area is 188 Å². The van der Waals surface area contributed by atoms with Crippen LogP contribution in [0.25, 0.3) is 0 Å². The summed E-state index contributed by atoms with van der Waals surface area (Å²) in [5.41, 5.74) is 1.54. The maximum Gasteiger partial charge on any atom is 0.267 e. The molecule has 1 atom stereocenters. The lowest BCUT2D eigenvalue weighted by molar-refractivity contribution is -0.125. The molecular weight excluding hydrogens is 430 g/mol. The van der Waals surface area contributed by atoms with Gasteiger partial charge in [0, 0.05) is 37.0 Å². The first-order valence-corrected chi connectivity index (χ1v) is 12.3. The lowest BCUT2D eigenvalue weighted by Crippen LogP contribution is -2.44. The van der Waals surface area contributed by atoms with Crippen LogP contribution in [0.1, 0.15) is 43.5 Å². The van der Waals surface area contributed by atoms with Crippen LogP contribution in [0.2, 0.25) is 0 Å². The van der Waals surface area contributed by atoms with Crippen molar-refractivity contribution in [3.8, 4) is 5.75 Å². The summed E-state index contributed by atoms with van der Waals surface area (Å²) in [5, 5.41) is 2.81. The molecule has 1 N–H and O–H groups in total. The minimum absolute atomic E-state index is 0.101. The van der Waals surface area contributed by atoms with Crippen LogP contribution in [0, 0.1) is 0 Å². The van der Waals surface area contributed by atoms with E-state index in [2.05, 4.69) is 5.32 Å². The molecule has 170 valence electrons. The van der Waals surface area contributed by atoms with Gasteiger partial charge in [-0.1, -0.05) is 6.42 Å². The maximum absolute atomic E-state index is 12.8. The molecule has 0 aromatic heterocycles. The summed E-state index contributed by atoms with van der Waals surface area (Å²) in [6.45, 7) is 5.18. The summed E-state index contributed by atoms with van der Waals surface area (Å²) in [4.78, 5) is 26.8. The molecule has 9 heteroatoms. The summed E-state index contributed by atoms with van der Waals surface area (Å²) < 4.78 is 32.8. The van der Waals surface area contributed by atoms with E-state index in [0.29, 0.717) is 42.3 Å². The molecule has 0 spiro atoms. The van der Waals surface area contributed by atoms with Crippen molar-refractivity contribution in [3.05, 3.63) is 48.0 Å². The van der Waals surface area contributed by atoms with E-state index < -0.39 is 16.1 Å². The van der Waals surface area contributed by atoms with Crippen molar-refractivity contribution >= 4 is 33.2 Å². The number of rotatable bonds is 5. The zero-order valence-corrected chi connectivity index (χ0v) is 19.0. The minimum Gasteiger partial charge on any atom is -0.479 e. The number of carbonyl (C=O) groups is 2. The number of likely N-dealkylation sites (N-methyl/N-ethyl adjacent to an activating group) is 1. The topological polar surface area (TPSA) is 96.0 Å². The highest BCUT2D eigenvalue weighted by Gasteiger charge is 2.30. The Kier molecular flexibility index (Phi) is 6.21. The molecule has 4 rings (SSSR count). The molecule has 32 heavy (non-hydrogen) atoms. The summed E-state index contributed by atoms with van der Waals surface area (Å²) >= 11 is 0. The van der Waals surface area contributed by atoms with E-state index in [1.165, 1.54) is 28.6 Å². The Bertz CT molecular complexity index is 1120. The summed E-state index contributed by atoms with van der Waals surface area (Å²) in [7, 11) is -3.54. The SMILES string of the molecule is CCN1C(=O)C(C)Oc2cc(NC(=O)c3ccc(S(=O)(=O)N4CCCCC4)cc3)ccc21. The number of carbonyl (C=O) groups excluding carboxylic acids is 2. The number of ether oxygens (including phenoxy) is 1. The van der Waals surface area contributed by atoms with Crippen molar-refractivity contribution in [3.63, 3.8) is 0 Å². The van der Waals surface area contributed by atoms with Crippen molar-refractivity contribution in [2.45, 2.75) is 44.1 Å². The third kappa shape index (κ3) is 4.22. The highest BCUT2D eigenvalue weighted by Crippen LogP contribution is 2.36. The fourth-order valence-corrected chi connectivity index (χ4v) is 5.57. The van der Waals surface area contributed by atoms with Gasteiger partial charge in [-0.3, -0.25) is 9.59 Å². The molecule has 2 heterocycles. The molecule has 0 bridgehead atoms. The maximum atomic E-state index is 12.8. The number of sulfonamides is 1. The van der Waals surface area contributed by atoms with Crippen LogP contribution in [0.4, 0.5) is 11.4 Å². The monoisotopic (exact) mass is 457 g/mol. The van der Waals surface area contributed by atoms with E-state index in [4.69, 9.17) is 4.74 Å². The number of hydrogen-bond acceptors (Lipinski definition) is 5. The Hall–Kier alpha value is -2.91. The molecule has 0 aliphatic carbocycles. The van der Waals surface area contributed by atoms with Crippen LogP contribution in [0.3, 0.4) is 0 Å². The van der Waals surface area contributed by atoms with Gasteiger partial charge >= 0.3 is 0 Å². The Balaban J connectivity index is 1.49.